The molecule has 3 rings (SSSR count). The number of hydrogen-bond acceptors (Lipinski definition) is 4. The number of fused-ring (bicyclic) bond motifs is 1. The molecule has 0 saturated heterocycles. The van der Waals surface area contributed by atoms with Gasteiger partial charge < -0.3 is 9.47 Å². The van der Waals surface area contributed by atoms with Crippen molar-refractivity contribution >= 4 is 22.5 Å². The minimum Gasteiger partial charge on any atom is -0.496 e. The molecule has 0 amide bonds. The van der Waals surface area contributed by atoms with Crippen molar-refractivity contribution in [2.75, 3.05) is 20.3 Å². The number of nitrogens with zero attached hydrogens (tertiary/aromatic N) is 2. The van der Waals surface area contributed by atoms with E-state index in [4.69, 9.17) is 21.1 Å². The predicted octanol–water partition coefficient (Wildman–Crippen LogP) is 4.16. The summed E-state index contributed by atoms with van der Waals surface area (Å²) in [6, 6.07) is 11.1. The molecule has 0 aliphatic carbocycles. The highest BCUT2D eigenvalue weighted by Crippen LogP contribution is 2.28. The average molecular weight is 445 g/mol. The fourth-order valence-electron chi connectivity index (χ4n) is 3.68. The highest BCUT2D eigenvalue weighted by Gasteiger charge is 2.18. The Hall–Kier alpha value is -2.57. The Kier molecular flexibility index (Phi) is 7.93. The quantitative estimate of drug-likeness (QED) is 0.440. The Morgan fingerprint density at radius 2 is 1.71 bits per heavy atom. The van der Waals surface area contributed by atoms with Gasteiger partial charge in [0.2, 0.25) is 0 Å². The molecule has 6 nitrogen and oxygen atoms in total. The van der Waals surface area contributed by atoms with Crippen molar-refractivity contribution in [1.29, 1.82) is 0 Å². The smallest absolute Gasteiger partial charge is 0.331 e. The van der Waals surface area contributed by atoms with Crippen molar-refractivity contribution < 1.29 is 9.47 Å². The van der Waals surface area contributed by atoms with Crippen LogP contribution in [0.2, 0.25) is 5.02 Å². The number of rotatable bonds is 10. The Bertz CT molecular complexity index is 1150. The van der Waals surface area contributed by atoms with E-state index < -0.39 is 0 Å². The number of aryl methyl sites for hydroxylation is 1. The van der Waals surface area contributed by atoms with Crippen LogP contribution < -0.4 is 16.0 Å². The fourth-order valence-corrected chi connectivity index (χ4v) is 3.81. The van der Waals surface area contributed by atoms with E-state index in [1.165, 1.54) is 9.13 Å². The summed E-state index contributed by atoms with van der Waals surface area (Å²) in [5, 5.41) is 1.16. The Labute approximate surface area is 187 Å². The van der Waals surface area contributed by atoms with Gasteiger partial charge in [-0.05, 0) is 42.7 Å². The van der Waals surface area contributed by atoms with Crippen LogP contribution in [-0.2, 0) is 24.8 Å². The summed E-state index contributed by atoms with van der Waals surface area (Å²) in [6.07, 6.45) is 3.17. The first-order chi connectivity index (χ1) is 15.0. The molecule has 0 unspecified atom stereocenters. The topological polar surface area (TPSA) is 62.5 Å². The summed E-state index contributed by atoms with van der Waals surface area (Å²) in [5.74, 6) is 0.618. The van der Waals surface area contributed by atoms with Crippen LogP contribution in [0.1, 0.15) is 37.3 Å². The highest BCUT2D eigenvalue weighted by molar-refractivity contribution is 6.30. The molecule has 1 heterocycles. The number of aromatic nitrogens is 2. The molecule has 0 N–H and O–H groups in total. The molecule has 0 spiro atoms. The number of unbranched alkanes of at least 4 members (excludes halogenated alkanes) is 1. The Balaban J connectivity index is 2.04. The SMILES string of the molecule is CCCCOCCCn1c(=O)c2c(Cc3ccc(Cl)cc3)c(OC)ccc2n(C)c1=O. The van der Waals surface area contributed by atoms with Gasteiger partial charge in [0.25, 0.3) is 5.56 Å². The van der Waals surface area contributed by atoms with Crippen LogP contribution in [-0.4, -0.2) is 29.5 Å². The average Bonchev–Trinajstić information content (AvgIpc) is 2.77. The first-order valence-electron chi connectivity index (χ1n) is 10.6. The van der Waals surface area contributed by atoms with Crippen molar-refractivity contribution in [2.24, 2.45) is 7.05 Å². The lowest BCUT2D eigenvalue weighted by molar-refractivity contribution is 0.125. The molecule has 7 heteroatoms. The second kappa shape index (κ2) is 10.6. The van der Waals surface area contributed by atoms with Crippen LogP contribution in [0.3, 0.4) is 0 Å². The molecule has 2 aromatic carbocycles. The minimum absolute atomic E-state index is 0.297. The van der Waals surface area contributed by atoms with Crippen LogP contribution in [0.4, 0.5) is 0 Å². The van der Waals surface area contributed by atoms with Gasteiger partial charge in [-0.3, -0.25) is 13.9 Å². The first kappa shape index (κ1) is 23.1. The maximum atomic E-state index is 13.4. The zero-order valence-corrected chi connectivity index (χ0v) is 19.1. The predicted molar refractivity (Wildman–Crippen MR) is 125 cm³/mol. The summed E-state index contributed by atoms with van der Waals surface area (Å²) < 4.78 is 14.0. The van der Waals surface area contributed by atoms with Gasteiger partial charge in [0.15, 0.2) is 0 Å². The Morgan fingerprint density at radius 1 is 1.00 bits per heavy atom. The van der Waals surface area contributed by atoms with E-state index in [9.17, 15) is 9.59 Å². The van der Waals surface area contributed by atoms with E-state index in [1.54, 1.807) is 26.3 Å². The molecular formula is C24H29ClN2O4. The van der Waals surface area contributed by atoms with E-state index >= 15 is 0 Å². The van der Waals surface area contributed by atoms with E-state index in [-0.39, 0.29) is 11.2 Å². The summed E-state index contributed by atoms with van der Waals surface area (Å²) in [7, 11) is 3.28. The van der Waals surface area contributed by atoms with E-state index in [1.807, 2.05) is 24.3 Å². The van der Waals surface area contributed by atoms with Gasteiger partial charge >= 0.3 is 5.69 Å². The first-order valence-corrected chi connectivity index (χ1v) is 11.0. The van der Waals surface area contributed by atoms with Gasteiger partial charge in [0.1, 0.15) is 5.75 Å². The molecule has 0 fully saturated rings. The van der Waals surface area contributed by atoms with Gasteiger partial charge in [-0.2, -0.15) is 0 Å². The molecule has 166 valence electrons. The second-order valence-electron chi connectivity index (χ2n) is 7.56. The molecule has 31 heavy (non-hydrogen) atoms. The third kappa shape index (κ3) is 5.20. The van der Waals surface area contributed by atoms with Crippen LogP contribution in [0.5, 0.6) is 5.75 Å². The number of hydrogen-bond donors (Lipinski definition) is 0. The van der Waals surface area contributed by atoms with E-state index in [2.05, 4.69) is 6.92 Å². The Morgan fingerprint density at radius 3 is 2.39 bits per heavy atom. The minimum atomic E-state index is -0.325. The lowest BCUT2D eigenvalue weighted by Gasteiger charge is -2.16. The highest BCUT2D eigenvalue weighted by atomic mass is 35.5. The molecule has 0 atom stereocenters. The van der Waals surface area contributed by atoms with Crippen molar-refractivity contribution in [1.82, 2.24) is 9.13 Å². The summed E-state index contributed by atoms with van der Waals surface area (Å²) in [4.78, 5) is 26.3. The number of methoxy groups -OCH3 is 1. The van der Waals surface area contributed by atoms with Gasteiger partial charge in [0.05, 0.1) is 18.0 Å². The summed E-state index contributed by atoms with van der Waals surface area (Å²) >= 11 is 6.01. The molecule has 0 aliphatic heterocycles. The van der Waals surface area contributed by atoms with Crippen LogP contribution in [0.25, 0.3) is 10.9 Å². The van der Waals surface area contributed by atoms with Gasteiger partial charge in [-0.25, -0.2) is 4.79 Å². The van der Waals surface area contributed by atoms with Crippen molar-refractivity contribution in [3.63, 3.8) is 0 Å². The maximum absolute atomic E-state index is 13.4. The zero-order valence-electron chi connectivity index (χ0n) is 18.3. The number of ether oxygens (including phenoxy) is 2. The van der Waals surface area contributed by atoms with E-state index in [0.717, 1.165) is 24.0 Å². The van der Waals surface area contributed by atoms with Gasteiger partial charge in [-0.1, -0.05) is 37.1 Å². The number of halogens is 1. The van der Waals surface area contributed by atoms with Crippen molar-refractivity contribution in [3.8, 4) is 5.75 Å². The largest absolute Gasteiger partial charge is 0.496 e. The monoisotopic (exact) mass is 444 g/mol. The van der Waals surface area contributed by atoms with E-state index in [0.29, 0.717) is 54.3 Å². The van der Waals surface area contributed by atoms with Crippen molar-refractivity contribution in [3.05, 3.63) is 73.4 Å². The zero-order chi connectivity index (χ0) is 22.4. The standard InChI is InChI=1S/C24H29ClN2O4/c1-4-5-14-31-15-6-13-27-23(28)22-19(16-17-7-9-18(25)10-8-17)21(30-3)12-11-20(22)26(2)24(27)29/h7-12H,4-6,13-16H2,1-3H3. The molecule has 3 aromatic rings. The lowest BCUT2D eigenvalue weighted by Crippen LogP contribution is -2.39. The number of benzene rings is 2. The molecule has 1 aromatic heterocycles. The summed E-state index contributed by atoms with van der Waals surface area (Å²) in [6.45, 7) is 3.63. The van der Waals surface area contributed by atoms with Gasteiger partial charge in [0, 0.05) is 43.8 Å². The molecule has 0 bridgehead atoms. The third-order valence-electron chi connectivity index (χ3n) is 5.41. The van der Waals surface area contributed by atoms with Crippen LogP contribution in [0, 0.1) is 0 Å². The van der Waals surface area contributed by atoms with Crippen LogP contribution in [0.15, 0.2) is 46.0 Å². The second-order valence-corrected chi connectivity index (χ2v) is 8.00. The van der Waals surface area contributed by atoms with Crippen molar-refractivity contribution in [2.45, 2.75) is 39.2 Å². The normalized spacial score (nSPS) is 11.2. The lowest BCUT2D eigenvalue weighted by atomic mass is 10.00. The third-order valence-corrected chi connectivity index (χ3v) is 5.66. The molecular weight excluding hydrogens is 416 g/mol. The molecule has 0 aliphatic rings. The fraction of sp³-hybridized carbons (Fsp3) is 0.417. The summed E-state index contributed by atoms with van der Waals surface area (Å²) in [5.41, 5.74) is 1.73. The maximum Gasteiger partial charge on any atom is 0.331 e. The van der Waals surface area contributed by atoms with Crippen LogP contribution >= 0.6 is 11.6 Å². The molecule has 0 saturated carbocycles. The molecule has 0 radical (unpaired) electrons. The van der Waals surface area contributed by atoms with Gasteiger partial charge in [-0.15, -0.1) is 0 Å².